The zero-order valence-electron chi connectivity index (χ0n) is 17.2. The van der Waals surface area contributed by atoms with Crippen molar-refractivity contribution in [3.63, 3.8) is 0 Å². The van der Waals surface area contributed by atoms with Crippen LogP contribution in [0.2, 0.25) is 5.02 Å². The van der Waals surface area contributed by atoms with Gasteiger partial charge in [0.2, 0.25) is 0 Å². The summed E-state index contributed by atoms with van der Waals surface area (Å²) in [6, 6.07) is 19.8. The number of rotatable bonds is 9. The van der Waals surface area contributed by atoms with Crippen molar-refractivity contribution in [2.45, 2.75) is 0 Å². The predicted molar refractivity (Wildman–Crippen MR) is 127 cm³/mol. The van der Waals surface area contributed by atoms with Crippen LogP contribution < -0.4 is 5.32 Å². The molecule has 0 aliphatic heterocycles. The van der Waals surface area contributed by atoms with Crippen molar-refractivity contribution in [1.82, 2.24) is 10.2 Å². The van der Waals surface area contributed by atoms with Crippen LogP contribution in [0.5, 0.6) is 0 Å². The maximum atomic E-state index is 13.1. The van der Waals surface area contributed by atoms with E-state index in [1.54, 1.807) is 36.4 Å². The van der Waals surface area contributed by atoms with Gasteiger partial charge in [-0.1, -0.05) is 48.0 Å². The fourth-order valence-corrected chi connectivity index (χ4v) is 4.32. The molecule has 0 saturated carbocycles. The van der Waals surface area contributed by atoms with E-state index in [-0.39, 0.29) is 32.0 Å². The number of amides is 2. The maximum absolute atomic E-state index is 13.1. The third-order valence-corrected chi connectivity index (χ3v) is 5.99. The molecule has 0 unspecified atom stereocenters. The van der Waals surface area contributed by atoms with Crippen molar-refractivity contribution >= 4 is 40.8 Å². The maximum Gasteiger partial charge on any atom is 0.270 e. The molecule has 0 spiro atoms. The number of aliphatic hydroxyl groups excluding tert-OH is 2. The van der Waals surface area contributed by atoms with Crippen LogP contribution in [0.4, 0.5) is 0 Å². The summed E-state index contributed by atoms with van der Waals surface area (Å²) in [5, 5.41) is 21.9. The summed E-state index contributed by atoms with van der Waals surface area (Å²) in [5.41, 5.74) is 1.33. The average Bonchev–Trinajstić information content (AvgIpc) is 3.27. The van der Waals surface area contributed by atoms with Crippen molar-refractivity contribution in [3.05, 3.63) is 87.9 Å². The second-order valence-corrected chi connectivity index (χ2v) is 8.32. The Balaban J connectivity index is 1.94. The second-order valence-electron chi connectivity index (χ2n) is 6.80. The van der Waals surface area contributed by atoms with Gasteiger partial charge in [0.25, 0.3) is 11.8 Å². The predicted octanol–water partition coefficient (Wildman–Crippen LogP) is 3.65. The van der Waals surface area contributed by atoms with E-state index in [1.807, 2.05) is 36.4 Å². The Morgan fingerprint density at radius 1 is 0.938 bits per heavy atom. The van der Waals surface area contributed by atoms with Gasteiger partial charge < -0.3 is 20.4 Å². The van der Waals surface area contributed by atoms with Gasteiger partial charge in [-0.05, 0) is 36.4 Å². The smallest absolute Gasteiger partial charge is 0.270 e. The van der Waals surface area contributed by atoms with Gasteiger partial charge in [-0.15, -0.1) is 11.3 Å². The number of halogens is 1. The lowest BCUT2D eigenvalue weighted by Gasteiger charge is -2.22. The molecule has 2 amide bonds. The molecule has 2 aromatic carbocycles. The van der Waals surface area contributed by atoms with Gasteiger partial charge in [0.15, 0.2) is 0 Å². The number of aliphatic hydroxyl groups is 2. The minimum absolute atomic E-state index is 0.0350. The second kappa shape index (κ2) is 11.6. The van der Waals surface area contributed by atoms with Crippen molar-refractivity contribution in [3.8, 4) is 10.4 Å². The summed E-state index contributed by atoms with van der Waals surface area (Å²) in [7, 11) is 0. The van der Waals surface area contributed by atoms with Crippen molar-refractivity contribution in [1.29, 1.82) is 0 Å². The minimum Gasteiger partial charge on any atom is -0.395 e. The SMILES string of the molecule is O=C(N/C(=C\c1ccc(-c2ccccc2Cl)s1)C(=O)N(CCO)CCO)c1ccccc1. The number of benzene rings is 2. The zero-order chi connectivity index (χ0) is 22.9. The lowest BCUT2D eigenvalue weighted by atomic mass is 10.2. The molecule has 0 saturated heterocycles. The molecule has 3 rings (SSSR count). The molecule has 0 radical (unpaired) electrons. The Bertz CT molecular complexity index is 1090. The van der Waals surface area contributed by atoms with Crippen molar-refractivity contribution in [2.75, 3.05) is 26.3 Å². The van der Waals surface area contributed by atoms with Crippen LogP contribution in [0.1, 0.15) is 15.2 Å². The summed E-state index contributed by atoms with van der Waals surface area (Å²) < 4.78 is 0. The highest BCUT2D eigenvalue weighted by atomic mass is 35.5. The number of hydrogen-bond acceptors (Lipinski definition) is 5. The van der Waals surface area contributed by atoms with E-state index in [4.69, 9.17) is 11.6 Å². The van der Waals surface area contributed by atoms with Gasteiger partial charge in [0, 0.05) is 39.0 Å². The van der Waals surface area contributed by atoms with Crippen LogP contribution in [0, 0.1) is 0 Å². The lowest BCUT2D eigenvalue weighted by Crippen LogP contribution is -2.41. The molecule has 166 valence electrons. The van der Waals surface area contributed by atoms with E-state index in [1.165, 1.54) is 16.2 Å². The molecule has 6 nitrogen and oxygen atoms in total. The zero-order valence-corrected chi connectivity index (χ0v) is 18.8. The Kier molecular flexibility index (Phi) is 8.58. The molecule has 8 heteroatoms. The van der Waals surface area contributed by atoms with Crippen LogP contribution in [0.3, 0.4) is 0 Å². The Morgan fingerprint density at radius 3 is 2.25 bits per heavy atom. The molecule has 1 aromatic heterocycles. The van der Waals surface area contributed by atoms with E-state index in [0.29, 0.717) is 10.6 Å². The molecule has 32 heavy (non-hydrogen) atoms. The number of hydrogen-bond donors (Lipinski definition) is 3. The molecule has 3 N–H and O–H groups in total. The largest absolute Gasteiger partial charge is 0.395 e. The summed E-state index contributed by atoms with van der Waals surface area (Å²) >= 11 is 7.72. The average molecular weight is 471 g/mol. The monoisotopic (exact) mass is 470 g/mol. The molecular formula is C24H23ClN2O4S. The van der Waals surface area contributed by atoms with Gasteiger partial charge in [0.1, 0.15) is 5.70 Å². The Morgan fingerprint density at radius 2 is 1.59 bits per heavy atom. The van der Waals surface area contributed by atoms with Gasteiger partial charge >= 0.3 is 0 Å². The molecular weight excluding hydrogens is 448 g/mol. The topological polar surface area (TPSA) is 89.9 Å². The number of nitrogens with zero attached hydrogens (tertiary/aromatic N) is 1. The molecule has 0 atom stereocenters. The van der Waals surface area contributed by atoms with E-state index in [9.17, 15) is 19.8 Å². The standard InChI is InChI=1S/C24H23ClN2O4S/c25-20-9-5-4-8-19(20)22-11-10-18(32-22)16-21(24(31)27(12-14-28)13-15-29)26-23(30)17-6-2-1-3-7-17/h1-11,16,28-29H,12-15H2,(H,26,30)/b21-16-. The first-order valence-corrected chi connectivity index (χ1v) is 11.2. The molecule has 0 bridgehead atoms. The molecule has 0 aliphatic rings. The van der Waals surface area contributed by atoms with Crippen LogP contribution in [0.15, 0.2) is 72.4 Å². The Hall–Kier alpha value is -2.97. The molecule has 1 heterocycles. The first-order chi connectivity index (χ1) is 15.5. The first-order valence-electron chi connectivity index (χ1n) is 9.97. The van der Waals surface area contributed by atoms with E-state index in [2.05, 4.69) is 5.32 Å². The fraction of sp³-hybridized carbons (Fsp3) is 0.167. The number of nitrogens with one attached hydrogen (secondary N) is 1. The summed E-state index contributed by atoms with van der Waals surface area (Å²) in [5.74, 6) is -0.925. The molecule has 3 aromatic rings. The van der Waals surface area contributed by atoms with Gasteiger partial charge in [-0.2, -0.15) is 0 Å². The fourth-order valence-electron chi connectivity index (χ4n) is 3.04. The molecule has 0 aliphatic carbocycles. The third kappa shape index (κ3) is 6.05. The minimum atomic E-state index is -0.495. The van der Waals surface area contributed by atoms with E-state index >= 15 is 0 Å². The van der Waals surface area contributed by atoms with Crippen LogP contribution in [0.25, 0.3) is 16.5 Å². The summed E-state index contributed by atoms with van der Waals surface area (Å²) in [6.07, 6.45) is 1.59. The number of thiophene rings is 1. The summed E-state index contributed by atoms with van der Waals surface area (Å²) in [4.78, 5) is 28.8. The Labute approximate surface area is 195 Å². The van der Waals surface area contributed by atoms with Crippen LogP contribution >= 0.6 is 22.9 Å². The van der Waals surface area contributed by atoms with Crippen LogP contribution in [-0.4, -0.2) is 53.2 Å². The van der Waals surface area contributed by atoms with Crippen molar-refractivity contribution in [2.24, 2.45) is 0 Å². The normalized spacial score (nSPS) is 11.3. The highest BCUT2D eigenvalue weighted by molar-refractivity contribution is 7.16. The lowest BCUT2D eigenvalue weighted by molar-refractivity contribution is -0.128. The quantitative estimate of drug-likeness (QED) is 0.416. The third-order valence-electron chi connectivity index (χ3n) is 4.59. The first kappa shape index (κ1) is 23.7. The number of carbonyl (C=O) groups is 2. The van der Waals surface area contributed by atoms with Gasteiger partial charge in [-0.3, -0.25) is 9.59 Å². The van der Waals surface area contributed by atoms with Crippen molar-refractivity contribution < 1.29 is 19.8 Å². The van der Waals surface area contributed by atoms with Gasteiger partial charge in [0.05, 0.1) is 13.2 Å². The molecule has 0 fully saturated rings. The highest BCUT2D eigenvalue weighted by Crippen LogP contribution is 2.34. The van der Waals surface area contributed by atoms with Gasteiger partial charge in [-0.25, -0.2) is 0 Å². The number of carbonyl (C=O) groups excluding carboxylic acids is 2. The van der Waals surface area contributed by atoms with Crippen LogP contribution in [-0.2, 0) is 4.79 Å². The summed E-state index contributed by atoms with van der Waals surface area (Å²) in [6.45, 7) is -0.455. The van der Waals surface area contributed by atoms with E-state index in [0.717, 1.165) is 15.3 Å². The van der Waals surface area contributed by atoms with E-state index < -0.39 is 11.8 Å². The highest BCUT2D eigenvalue weighted by Gasteiger charge is 2.21.